The average Bonchev–Trinajstić information content (AvgIpc) is 2.61. The highest BCUT2D eigenvalue weighted by Gasteiger charge is 2.20. The lowest BCUT2D eigenvalue weighted by Crippen LogP contribution is -2.47. The third-order valence-corrected chi connectivity index (χ3v) is 4.08. The van der Waals surface area contributed by atoms with Gasteiger partial charge >= 0.3 is 0 Å². The molecule has 0 radical (unpaired) electrons. The molecular formula is C19H27N3O2. The molecule has 0 saturated carbocycles. The Morgan fingerprint density at radius 2 is 2.04 bits per heavy atom. The molecule has 1 heterocycles. The summed E-state index contributed by atoms with van der Waals surface area (Å²) in [6, 6.07) is 9.10. The molecule has 1 unspecified atom stereocenters. The summed E-state index contributed by atoms with van der Waals surface area (Å²) in [6.45, 7) is 4.39. The van der Waals surface area contributed by atoms with E-state index < -0.39 is 6.04 Å². The van der Waals surface area contributed by atoms with Crippen LogP contribution in [0.2, 0.25) is 0 Å². The van der Waals surface area contributed by atoms with Crippen molar-refractivity contribution in [2.24, 2.45) is 0 Å². The second-order valence-corrected chi connectivity index (χ2v) is 6.11. The quantitative estimate of drug-likeness (QED) is 0.634. The van der Waals surface area contributed by atoms with Crippen molar-refractivity contribution in [2.45, 2.75) is 38.6 Å². The summed E-state index contributed by atoms with van der Waals surface area (Å²) in [5, 5.41) is 9.08. The van der Waals surface area contributed by atoms with Crippen LogP contribution in [0.5, 0.6) is 0 Å². The molecule has 5 nitrogen and oxygen atoms in total. The zero-order valence-electron chi connectivity index (χ0n) is 14.3. The first-order valence-corrected chi connectivity index (χ1v) is 8.68. The molecule has 1 aliphatic heterocycles. The Kier molecular flexibility index (Phi) is 7.49. The van der Waals surface area contributed by atoms with Crippen LogP contribution < -0.4 is 16.0 Å². The maximum Gasteiger partial charge on any atom is 0.242 e. The van der Waals surface area contributed by atoms with Gasteiger partial charge in [0.25, 0.3) is 0 Å². The summed E-state index contributed by atoms with van der Waals surface area (Å²) in [5.41, 5.74) is 2.19. The summed E-state index contributed by atoms with van der Waals surface area (Å²) in [6.07, 6.45) is 4.86. The Hall–Kier alpha value is -2.14. The fourth-order valence-electron chi connectivity index (χ4n) is 2.74. The minimum atomic E-state index is -0.464. The van der Waals surface area contributed by atoms with Crippen molar-refractivity contribution in [3.05, 3.63) is 47.5 Å². The fraction of sp³-hybridized carbons (Fsp3) is 0.474. The predicted octanol–water partition coefficient (Wildman–Crippen LogP) is 1.55. The Morgan fingerprint density at radius 1 is 1.25 bits per heavy atom. The minimum absolute atomic E-state index is 0.0994. The molecule has 3 N–H and O–H groups in total. The van der Waals surface area contributed by atoms with Crippen molar-refractivity contribution in [3.8, 4) is 0 Å². The lowest BCUT2D eigenvalue weighted by Gasteiger charge is -2.20. The van der Waals surface area contributed by atoms with Crippen LogP contribution in [-0.4, -0.2) is 37.5 Å². The molecule has 0 spiro atoms. The Balaban J connectivity index is 1.84. The van der Waals surface area contributed by atoms with Crippen molar-refractivity contribution >= 4 is 11.8 Å². The number of hydrogen-bond donors (Lipinski definition) is 3. The molecule has 1 atom stereocenters. The summed E-state index contributed by atoms with van der Waals surface area (Å²) in [4.78, 5) is 24.6. The second-order valence-electron chi connectivity index (χ2n) is 6.11. The Morgan fingerprint density at radius 3 is 2.71 bits per heavy atom. The number of rotatable bonds is 8. The van der Waals surface area contributed by atoms with Gasteiger partial charge in [0.15, 0.2) is 0 Å². The van der Waals surface area contributed by atoms with Gasteiger partial charge in [-0.15, -0.1) is 0 Å². The standard InChI is InChI=1S/C19H27N3O2/c1-2-6-17(19(24)21-14-16-9-11-20-12-10-16)22-18(23)13-15-7-4-3-5-8-15/h3-5,7-9,17,20H,2,6,10-14H2,1H3,(H,21,24)(H,22,23). The number of amides is 2. The van der Waals surface area contributed by atoms with Crippen LogP contribution in [0.25, 0.3) is 0 Å². The molecule has 0 fully saturated rings. The van der Waals surface area contributed by atoms with E-state index in [1.165, 1.54) is 5.57 Å². The molecule has 2 rings (SSSR count). The van der Waals surface area contributed by atoms with Crippen molar-refractivity contribution < 1.29 is 9.59 Å². The molecule has 1 aliphatic rings. The van der Waals surface area contributed by atoms with E-state index in [0.29, 0.717) is 19.4 Å². The van der Waals surface area contributed by atoms with Gasteiger partial charge in [-0.05, 0) is 24.9 Å². The molecule has 1 aromatic carbocycles. The van der Waals surface area contributed by atoms with Gasteiger partial charge in [-0.2, -0.15) is 0 Å². The Bertz CT molecular complexity index is 569. The van der Waals surface area contributed by atoms with Crippen LogP contribution in [-0.2, 0) is 16.0 Å². The number of nitrogens with one attached hydrogen (secondary N) is 3. The first kappa shape index (κ1) is 18.2. The summed E-state index contributed by atoms with van der Waals surface area (Å²) in [5.74, 6) is -0.214. The summed E-state index contributed by atoms with van der Waals surface area (Å²) >= 11 is 0. The smallest absolute Gasteiger partial charge is 0.242 e. The maximum atomic E-state index is 12.4. The molecule has 1 aromatic rings. The van der Waals surface area contributed by atoms with Crippen LogP contribution in [0.3, 0.4) is 0 Å². The van der Waals surface area contributed by atoms with Gasteiger partial charge < -0.3 is 16.0 Å². The van der Waals surface area contributed by atoms with Gasteiger partial charge in [0.05, 0.1) is 6.42 Å². The van der Waals surface area contributed by atoms with Crippen molar-refractivity contribution in [1.82, 2.24) is 16.0 Å². The van der Waals surface area contributed by atoms with Crippen LogP contribution in [0.1, 0.15) is 31.7 Å². The molecule has 0 aromatic heterocycles. The van der Waals surface area contributed by atoms with E-state index in [1.807, 2.05) is 37.3 Å². The second kappa shape index (κ2) is 9.88. The topological polar surface area (TPSA) is 70.2 Å². The van der Waals surface area contributed by atoms with E-state index in [2.05, 4.69) is 22.0 Å². The Labute approximate surface area is 143 Å². The van der Waals surface area contributed by atoms with E-state index in [4.69, 9.17) is 0 Å². The van der Waals surface area contributed by atoms with Gasteiger partial charge in [0, 0.05) is 13.1 Å². The van der Waals surface area contributed by atoms with Crippen LogP contribution in [0.15, 0.2) is 42.0 Å². The monoisotopic (exact) mass is 329 g/mol. The van der Waals surface area contributed by atoms with Crippen molar-refractivity contribution in [3.63, 3.8) is 0 Å². The molecule has 24 heavy (non-hydrogen) atoms. The van der Waals surface area contributed by atoms with Crippen LogP contribution in [0.4, 0.5) is 0 Å². The zero-order chi connectivity index (χ0) is 17.2. The third kappa shape index (κ3) is 6.16. The van der Waals surface area contributed by atoms with Crippen LogP contribution >= 0.6 is 0 Å². The lowest BCUT2D eigenvalue weighted by molar-refractivity contribution is -0.128. The van der Waals surface area contributed by atoms with Gasteiger partial charge in [-0.3, -0.25) is 9.59 Å². The van der Waals surface area contributed by atoms with Gasteiger partial charge in [-0.1, -0.05) is 55.3 Å². The van der Waals surface area contributed by atoms with Gasteiger partial charge in [0.1, 0.15) is 6.04 Å². The third-order valence-electron chi connectivity index (χ3n) is 4.08. The van der Waals surface area contributed by atoms with E-state index >= 15 is 0 Å². The molecular weight excluding hydrogens is 302 g/mol. The van der Waals surface area contributed by atoms with E-state index in [9.17, 15) is 9.59 Å². The van der Waals surface area contributed by atoms with Crippen molar-refractivity contribution in [2.75, 3.05) is 19.6 Å². The highest BCUT2D eigenvalue weighted by atomic mass is 16.2. The van der Waals surface area contributed by atoms with Gasteiger partial charge in [0.2, 0.25) is 11.8 Å². The highest BCUT2D eigenvalue weighted by molar-refractivity contribution is 5.88. The zero-order valence-corrected chi connectivity index (χ0v) is 14.3. The normalized spacial score (nSPS) is 15.3. The number of hydrogen-bond acceptors (Lipinski definition) is 3. The summed E-state index contributed by atoms with van der Waals surface area (Å²) in [7, 11) is 0. The average molecular weight is 329 g/mol. The first-order valence-electron chi connectivity index (χ1n) is 8.68. The van der Waals surface area contributed by atoms with Crippen molar-refractivity contribution in [1.29, 1.82) is 0 Å². The molecule has 130 valence electrons. The van der Waals surface area contributed by atoms with E-state index in [0.717, 1.165) is 31.5 Å². The SMILES string of the molecule is CCCC(NC(=O)Cc1ccccc1)C(=O)NCC1=CCNCC1. The van der Waals surface area contributed by atoms with E-state index in [1.54, 1.807) is 0 Å². The molecule has 2 amide bonds. The number of carbonyl (C=O) groups is 2. The molecule has 0 aliphatic carbocycles. The first-order chi connectivity index (χ1) is 11.7. The maximum absolute atomic E-state index is 12.4. The lowest BCUT2D eigenvalue weighted by atomic mass is 10.1. The summed E-state index contributed by atoms with van der Waals surface area (Å²) < 4.78 is 0. The predicted molar refractivity (Wildman–Crippen MR) is 95.6 cm³/mol. The molecule has 0 bridgehead atoms. The molecule has 0 saturated heterocycles. The highest BCUT2D eigenvalue weighted by Crippen LogP contribution is 2.05. The fourth-order valence-corrected chi connectivity index (χ4v) is 2.74. The number of carbonyl (C=O) groups excluding carboxylic acids is 2. The number of benzene rings is 1. The van der Waals surface area contributed by atoms with E-state index in [-0.39, 0.29) is 11.8 Å². The largest absolute Gasteiger partial charge is 0.351 e. The van der Waals surface area contributed by atoms with Gasteiger partial charge in [-0.25, -0.2) is 0 Å². The van der Waals surface area contributed by atoms with Crippen LogP contribution in [0, 0.1) is 0 Å². The molecule has 5 heteroatoms. The minimum Gasteiger partial charge on any atom is -0.351 e.